The van der Waals surface area contributed by atoms with Gasteiger partial charge in [0.15, 0.2) is 5.78 Å². The van der Waals surface area contributed by atoms with Crippen LogP contribution in [0.4, 0.5) is 0 Å². The summed E-state index contributed by atoms with van der Waals surface area (Å²) >= 11 is 1.70. The van der Waals surface area contributed by atoms with Crippen molar-refractivity contribution in [3.8, 4) is 0 Å². The van der Waals surface area contributed by atoms with Crippen LogP contribution in [0.5, 0.6) is 0 Å². The lowest BCUT2D eigenvalue weighted by Crippen LogP contribution is -2.26. The van der Waals surface area contributed by atoms with Crippen molar-refractivity contribution in [2.24, 2.45) is 5.92 Å². The number of hydrogen-bond donors (Lipinski definition) is 1. The van der Waals surface area contributed by atoms with Gasteiger partial charge in [-0.2, -0.15) is 0 Å². The van der Waals surface area contributed by atoms with Crippen LogP contribution < -0.4 is 5.32 Å². The monoisotopic (exact) mass is 327 g/mol. The molecule has 1 saturated carbocycles. The second-order valence-corrected chi connectivity index (χ2v) is 6.49. The predicted octanol–water partition coefficient (Wildman–Crippen LogP) is 4.57. The van der Waals surface area contributed by atoms with Gasteiger partial charge in [0.1, 0.15) is 0 Å². The third-order valence-electron chi connectivity index (χ3n) is 4.10. The van der Waals surface area contributed by atoms with E-state index in [0.29, 0.717) is 6.42 Å². The quantitative estimate of drug-likeness (QED) is 0.452. The van der Waals surface area contributed by atoms with Crippen LogP contribution in [0.3, 0.4) is 0 Å². The van der Waals surface area contributed by atoms with Gasteiger partial charge >= 0.3 is 0 Å². The minimum atomic E-state index is 0. The summed E-state index contributed by atoms with van der Waals surface area (Å²) in [4.78, 5) is 13.3. The molecule has 0 heterocycles. The highest BCUT2D eigenvalue weighted by molar-refractivity contribution is 7.98. The molecule has 0 radical (unpaired) electrons. The van der Waals surface area contributed by atoms with Crippen molar-refractivity contribution in [1.82, 2.24) is 5.32 Å². The fraction of sp³-hybridized carbons (Fsp3) is 0.588. The number of ketones is 1. The lowest BCUT2D eigenvalue weighted by atomic mass is 9.89. The number of carbonyl (C=O) groups is 1. The molecule has 1 N–H and O–H groups in total. The summed E-state index contributed by atoms with van der Waals surface area (Å²) in [5.41, 5.74) is 0.835. The topological polar surface area (TPSA) is 29.1 Å². The molecular weight excluding hydrogens is 302 g/mol. The Morgan fingerprint density at radius 1 is 1.19 bits per heavy atom. The molecule has 0 aliphatic heterocycles. The average Bonchev–Trinajstić information content (AvgIpc) is 2.52. The zero-order chi connectivity index (χ0) is 14.2. The SMILES string of the molecule is CSc1ccc(C(=O)CCNCC2CCCCC2)cc1.Cl. The molecule has 2 rings (SSSR count). The second-order valence-electron chi connectivity index (χ2n) is 5.61. The smallest absolute Gasteiger partial charge is 0.164 e. The van der Waals surface area contributed by atoms with Crippen molar-refractivity contribution in [3.63, 3.8) is 0 Å². The fourth-order valence-electron chi connectivity index (χ4n) is 2.82. The van der Waals surface area contributed by atoms with E-state index in [-0.39, 0.29) is 18.2 Å². The first kappa shape index (κ1) is 18.5. The number of rotatable bonds is 7. The Morgan fingerprint density at radius 2 is 1.86 bits per heavy atom. The molecule has 4 heteroatoms. The number of hydrogen-bond acceptors (Lipinski definition) is 3. The largest absolute Gasteiger partial charge is 0.316 e. The maximum absolute atomic E-state index is 12.0. The zero-order valence-electron chi connectivity index (χ0n) is 12.8. The van der Waals surface area contributed by atoms with Crippen molar-refractivity contribution >= 4 is 30.0 Å². The van der Waals surface area contributed by atoms with E-state index >= 15 is 0 Å². The molecule has 1 aromatic rings. The molecule has 2 nitrogen and oxygen atoms in total. The minimum Gasteiger partial charge on any atom is -0.316 e. The molecule has 1 fully saturated rings. The van der Waals surface area contributed by atoms with Gasteiger partial charge in [0.25, 0.3) is 0 Å². The maximum Gasteiger partial charge on any atom is 0.164 e. The van der Waals surface area contributed by atoms with Crippen LogP contribution in [0.25, 0.3) is 0 Å². The second kappa shape index (κ2) is 10.3. The summed E-state index contributed by atoms with van der Waals surface area (Å²) < 4.78 is 0. The molecule has 1 aliphatic rings. The summed E-state index contributed by atoms with van der Waals surface area (Å²) in [6.45, 7) is 1.89. The molecular formula is C17H26ClNOS. The zero-order valence-corrected chi connectivity index (χ0v) is 14.4. The molecule has 21 heavy (non-hydrogen) atoms. The Bertz CT molecular complexity index is 415. The van der Waals surface area contributed by atoms with Gasteiger partial charge in [-0.15, -0.1) is 24.2 Å². The van der Waals surface area contributed by atoms with E-state index in [1.165, 1.54) is 37.0 Å². The van der Waals surface area contributed by atoms with E-state index in [1.807, 2.05) is 30.5 Å². The van der Waals surface area contributed by atoms with Crippen LogP contribution in [-0.4, -0.2) is 25.1 Å². The summed E-state index contributed by atoms with van der Waals surface area (Å²) in [5.74, 6) is 1.08. The van der Waals surface area contributed by atoms with Gasteiger partial charge < -0.3 is 5.32 Å². The molecule has 1 aliphatic carbocycles. The number of Topliss-reactive ketones (excluding diaryl/α,β-unsaturated/α-hetero) is 1. The molecule has 1 aromatic carbocycles. The van der Waals surface area contributed by atoms with Gasteiger partial charge in [0.05, 0.1) is 0 Å². The van der Waals surface area contributed by atoms with Crippen LogP contribution >= 0.6 is 24.2 Å². The lowest BCUT2D eigenvalue weighted by molar-refractivity contribution is 0.0982. The van der Waals surface area contributed by atoms with Crippen molar-refractivity contribution in [1.29, 1.82) is 0 Å². The summed E-state index contributed by atoms with van der Waals surface area (Å²) in [6.07, 6.45) is 9.53. The molecule has 0 spiro atoms. The standard InChI is InChI=1S/C17H25NOS.ClH/c1-20-16-9-7-15(8-10-16)17(19)11-12-18-13-14-5-3-2-4-6-14;/h7-10,14,18H,2-6,11-13H2,1H3;1H. The molecule has 118 valence electrons. The van der Waals surface area contributed by atoms with Crippen LogP contribution in [-0.2, 0) is 0 Å². The van der Waals surface area contributed by atoms with E-state index in [1.54, 1.807) is 11.8 Å². The van der Waals surface area contributed by atoms with Crippen molar-refractivity contribution in [3.05, 3.63) is 29.8 Å². The predicted molar refractivity (Wildman–Crippen MR) is 93.9 cm³/mol. The summed E-state index contributed by atoms with van der Waals surface area (Å²) in [6, 6.07) is 7.92. The van der Waals surface area contributed by atoms with E-state index in [4.69, 9.17) is 0 Å². The molecule has 0 unspecified atom stereocenters. The van der Waals surface area contributed by atoms with E-state index in [0.717, 1.165) is 24.6 Å². The first-order valence-electron chi connectivity index (χ1n) is 7.67. The van der Waals surface area contributed by atoms with Gasteiger partial charge in [0, 0.05) is 23.4 Å². The number of thioether (sulfide) groups is 1. The minimum absolute atomic E-state index is 0. The Balaban J connectivity index is 0.00000220. The third kappa shape index (κ3) is 6.41. The van der Waals surface area contributed by atoms with Gasteiger partial charge in [-0.05, 0) is 43.7 Å². The average molecular weight is 328 g/mol. The third-order valence-corrected chi connectivity index (χ3v) is 4.84. The summed E-state index contributed by atoms with van der Waals surface area (Å²) in [5, 5.41) is 3.45. The fourth-order valence-corrected chi connectivity index (χ4v) is 3.23. The molecule has 0 amide bonds. The molecule has 0 bridgehead atoms. The van der Waals surface area contributed by atoms with Crippen molar-refractivity contribution < 1.29 is 4.79 Å². The van der Waals surface area contributed by atoms with E-state index in [9.17, 15) is 4.79 Å². The highest BCUT2D eigenvalue weighted by atomic mass is 35.5. The lowest BCUT2D eigenvalue weighted by Gasteiger charge is -2.21. The number of halogens is 1. The van der Waals surface area contributed by atoms with Crippen LogP contribution in [0, 0.1) is 5.92 Å². The Hall–Kier alpha value is -0.510. The van der Waals surface area contributed by atoms with Crippen LogP contribution in [0.1, 0.15) is 48.9 Å². The van der Waals surface area contributed by atoms with Crippen LogP contribution in [0.2, 0.25) is 0 Å². The Kier molecular flexibility index (Phi) is 9.05. The molecule has 0 aromatic heterocycles. The Labute approximate surface area is 138 Å². The van der Waals surface area contributed by atoms with Crippen molar-refractivity contribution in [2.75, 3.05) is 19.3 Å². The number of nitrogens with one attached hydrogen (secondary N) is 1. The van der Waals surface area contributed by atoms with E-state index in [2.05, 4.69) is 5.32 Å². The van der Waals surface area contributed by atoms with Gasteiger partial charge in [-0.25, -0.2) is 0 Å². The first-order valence-corrected chi connectivity index (χ1v) is 8.90. The molecule has 0 saturated heterocycles. The highest BCUT2D eigenvalue weighted by Crippen LogP contribution is 2.22. The summed E-state index contributed by atoms with van der Waals surface area (Å²) in [7, 11) is 0. The van der Waals surface area contributed by atoms with Crippen LogP contribution in [0.15, 0.2) is 29.2 Å². The highest BCUT2D eigenvalue weighted by Gasteiger charge is 2.13. The normalized spacial score (nSPS) is 15.5. The number of carbonyl (C=O) groups excluding carboxylic acids is 1. The van der Waals surface area contributed by atoms with Crippen molar-refractivity contribution in [2.45, 2.75) is 43.4 Å². The van der Waals surface area contributed by atoms with Gasteiger partial charge in [-0.3, -0.25) is 4.79 Å². The first-order chi connectivity index (χ1) is 9.79. The van der Waals surface area contributed by atoms with E-state index < -0.39 is 0 Å². The maximum atomic E-state index is 12.0. The Morgan fingerprint density at radius 3 is 2.48 bits per heavy atom. The molecule has 0 atom stereocenters. The van der Waals surface area contributed by atoms with Gasteiger partial charge in [0.2, 0.25) is 0 Å². The number of benzene rings is 1. The van der Waals surface area contributed by atoms with Gasteiger partial charge in [-0.1, -0.05) is 31.4 Å².